The van der Waals surface area contributed by atoms with Gasteiger partial charge >= 0.3 is 0 Å². The Morgan fingerprint density at radius 3 is 2.93 bits per heavy atom. The second-order valence-electron chi connectivity index (χ2n) is 3.72. The minimum atomic E-state index is -0.0536. The number of aromatic nitrogens is 2. The Morgan fingerprint density at radius 2 is 2.27 bits per heavy atom. The normalized spacial score (nSPS) is 13.0. The monoisotopic (exact) mass is 211 g/mol. The maximum Gasteiger partial charge on any atom is 0.0660 e. The molecule has 1 unspecified atom stereocenters. The molecule has 0 saturated carbocycles. The van der Waals surface area contributed by atoms with Crippen molar-refractivity contribution in [2.24, 2.45) is 5.73 Å². The molecule has 0 fully saturated rings. The molecule has 0 amide bonds. The highest BCUT2D eigenvalue weighted by Crippen LogP contribution is 2.09. The van der Waals surface area contributed by atoms with Crippen LogP contribution in [0.3, 0.4) is 0 Å². The fraction of sp³-hybridized carbons (Fsp3) is 0.727. The SMILES string of the molecule is CCCOCC(N)c1cnn(CCC)c1. The molecule has 4 nitrogen and oxygen atoms in total. The minimum absolute atomic E-state index is 0.0536. The molecule has 1 heterocycles. The molecule has 0 saturated heterocycles. The van der Waals surface area contributed by atoms with Crippen LogP contribution in [0.5, 0.6) is 0 Å². The Bertz CT molecular complexity index is 273. The van der Waals surface area contributed by atoms with Gasteiger partial charge in [-0.2, -0.15) is 5.10 Å². The van der Waals surface area contributed by atoms with Gasteiger partial charge in [-0.15, -0.1) is 0 Å². The third-order valence-corrected chi connectivity index (χ3v) is 2.18. The van der Waals surface area contributed by atoms with Crippen molar-refractivity contribution in [1.29, 1.82) is 0 Å². The highest BCUT2D eigenvalue weighted by atomic mass is 16.5. The third-order valence-electron chi connectivity index (χ3n) is 2.18. The van der Waals surface area contributed by atoms with Crippen LogP contribution in [0.4, 0.5) is 0 Å². The van der Waals surface area contributed by atoms with E-state index in [9.17, 15) is 0 Å². The van der Waals surface area contributed by atoms with Crippen molar-refractivity contribution < 1.29 is 4.74 Å². The van der Waals surface area contributed by atoms with Crippen LogP contribution >= 0.6 is 0 Å². The first-order valence-corrected chi connectivity index (χ1v) is 5.63. The molecule has 15 heavy (non-hydrogen) atoms. The summed E-state index contributed by atoms with van der Waals surface area (Å²) in [6.07, 6.45) is 5.95. The van der Waals surface area contributed by atoms with Crippen LogP contribution in [-0.2, 0) is 11.3 Å². The number of hydrogen-bond acceptors (Lipinski definition) is 3. The van der Waals surface area contributed by atoms with Crippen LogP contribution in [0.1, 0.15) is 38.3 Å². The van der Waals surface area contributed by atoms with E-state index in [1.165, 1.54) is 0 Å². The van der Waals surface area contributed by atoms with Gasteiger partial charge in [0, 0.05) is 24.9 Å². The molecule has 4 heteroatoms. The van der Waals surface area contributed by atoms with Crippen molar-refractivity contribution in [3.05, 3.63) is 18.0 Å². The van der Waals surface area contributed by atoms with Gasteiger partial charge < -0.3 is 10.5 Å². The predicted molar refractivity (Wildman–Crippen MR) is 60.6 cm³/mol. The third kappa shape index (κ3) is 4.01. The molecular formula is C11H21N3O. The first-order valence-electron chi connectivity index (χ1n) is 5.63. The van der Waals surface area contributed by atoms with Crippen LogP contribution in [0, 0.1) is 0 Å². The van der Waals surface area contributed by atoms with E-state index >= 15 is 0 Å². The van der Waals surface area contributed by atoms with Gasteiger partial charge in [0.1, 0.15) is 0 Å². The molecule has 1 atom stereocenters. The van der Waals surface area contributed by atoms with Gasteiger partial charge in [-0.05, 0) is 12.8 Å². The number of nitrogens with two attached hydrogens (primary N) is 1. The second-order valence-corrected chi connectivity index (χ2v) is 3.72. The lowest BCUT2D eigenvalue weighted by Gasteiger charge is -2.09. The summed E-state index contributed by atoms with van der Waals surface area (Å²) in [7, 11) is 0. The minimum Gasteiger partial charge on any atom is -0.379 e. The van der Waals surface area contributed by atoms with Gasteiger partial charge in [-0.1, -0.05) is 13.8 Å². The van der Waals surface area contributed by atoms with Crippen LogP contribution in [0.2, 0.25) is 0 Å². The van der Waals surface area contributed by atoms with Crippen LogP contribution in [0.25, 0.3) is 0 Å². The zero-order valence-corrected chi connectivity index (χ0v) is 9.65. The van der Waals surface area contributed by atoms with Crippen LogP contribution in [0.15, 0.2) is 12.4 Å². The Balaban J connectivity index is 2.39. The van der Waals surface area contributed by atoms with E-state index in [0.717, 1.165) is 31.6 Å². The van der Waals surface area contributed by atoms with E-state index in [0.29, 0.717) is 6.61 Å². The van der Waals surface area contributed by atoms with Gasteiger partial charge in [-0.25, -0.2) is 0 Å². The van der Waals surface area contributed by atoms with E-state index in [4.69, 9.17) is 10.5 Å². The summed E-state index contributed by atoms with van der Waals surface area (Å²) in [6, 6.07) is -0.0536. The lowest BCUT2D eigenvalue weighted by atomic mass is 10.2. The average Bonchev–Trinajstić information content (AvgIpc) is 2.67. The van der Waals surface area contributed by atoms with Crippen molar-refractivity contribution in [2.45, 2.75) is 39.3 Å². The summed E-state index contributed by atoms with van der Waals surface area (Å²) >= 11 is 0. The van der Waals surface area contributed by atoms with Crippen molar-refractivity contribution in [3.63, 3.8) is 0 Å². The van der Waals surface area contributed by atoms with Crippen molar-refractivity contribution >= 4 is 0 Å². The zero-order chi connectivity index (χ0) is 11.1. The van der Waals surface area contributed by atoms with Gasteiger partial charge in [0.15, 0.2) is 0 Å². The predicted octanol–water partition coefficient (Wildman–Crippen LogP) is 1.72. The molecule has 1 aromatic rings. The summed E-state index contributed by atoms with van der Waals surface area (Å²) in [6.45, 7) is 6.52. The molecule has 1 rings (SSSR count). The van der Waals surface area contributed by atoms with E-state index in [1.807, 2.05) is 17.1 Å². The Labute approximate surface area is 91.4 Å². The van der Waals surface area contributed by atoms with Gasteiger partial charge in [0.2, 0.25) is 0 Å². The molecule has 0 spiro atoms. The molecule has 0 aromatic carbocycles. The van der Waals surface area contributed by atoms with Crippen molar-refractivity contribution in [2.75, 3.05) is 13.2 Å². The van der Waals surface area contributed by atoms with Gasteiger partial charge in [0.25, 0.3) is 0 Å². The Kier molecular flexibility index (Phi) is 5.36. The smallest absolute Gasteiger partial charge is 0.0660 e. The summed E-state index contributed by atoms with van der Waals surface area (Å²) in [5, 5.41) is 4.24. The molecule has 0 aliphatic rings. The topological polar surface area (TPSA) is 53.1 Å². The summed E-state index contributed by atoms with van der Waals surface area (Å²) in [5.74, 6) is 0. The highest BCUT2D eigenvalue weighted by molar-refractivity contribution is 5.09. The van der Waals surface area contributed by atoms with E-state index in [-0.39, 0.29) is 6.04 Å². The number of aryl methyl sites for hydroxylation is 1. The molecular weight excluding hydrogens is 190 g/mol. The standard InChI is InChI=1S/C11H21N3O/c1-3-5-14-8-10(7-13-14)11(12)9-15-6-4-2/h7-8,11H,3-6,9,12H2,1-2H3. The van der Waals surface area contributed by atoms with E-state index in [1.54, 1.807) is 0 Å². The molecule has 0 radical (unpaired) electrons. The summed E-state index contributed by atoms with van der Waals surface area (Å²) < 4.78 is 7.33. The molecule has 0 aliphatic heterocycles. The molecule has 86 valence electrons. The lowest BCUT2D eigenvalue weighted by Crippen LogP contribution is -2.16. The van der Waals surface area contributed by atoms with Crippen LogP contribution in [-0.4, -0.2) is 23.0 Å². The number of hydrogen-bond donors (Lipinski definition) is 1. The average molecular weight is 211 g/mol. The zero-order valence-electron chi connectivity index (χ0n) is 9.65. The quantitative estimate of drug-likeness (QED) is 0.699. The maximum absolute atomic E-state index is 5.97. The molecule has 0 aliphatic carbocycles. The Hall–Kier alpha value is -0.870. The number of rotatable bonds is 7. The summed E-state index contributed by atoms with van der Waals surface area (Å²) in [4.78, 5) is 0. The lowest BCUT2D eigenvalue weighted by molar-refractivity contribution is 0.121. The molecule has 2 N–H and O–H groups in total. The first kappa shape index (κ1) is 12.2. The van der Waals surface area contributed by atoms with E-state index in [2.05, 4.69) is 18.9 Å². The number of nitrogens with zero attached hydrogens (tertiary/aromatic N) is 2. The van der Waals surface area contributed by atoms with Crippen molar-refractivity contribution in [3.8, 4) is 0 Å². The van der Waals surface area contributed by atoms with Gasteiger partial charge in [0.05, 0.1) is 18.8 Å². The fourth-order valence-electron chi connectivity index (χ4n) is 1.37. The van der Waals surface area contributed by atoms with Gasteiger partial charge in [-0.3, -0.25) is 4.68 Å². The highest BCUT2D eigenvalue weighted by Gasteiger charge is 2.08. The number of ether oxygens (including phenoxy) is 1. The second kappa shape index (κ2) is 6.58. The largest absolute Gasteiger partial charge is 0.379 e. The molecule has 1 aromatic heterocycles. The fourth-order valence-corrected chi connectivity index (χ4v) is 1.37. The molecule has 0 bridgehead atoms. The van der Waals surface area contributed by atoms with E-state index < -0.39 is 0 Å². The summed E-state index contributed by atoms with van der Waals surface area (Å²) in [5.41, 5.74) is 7.02. The van der Waals surface area contributed by atoms with Crippen molar-refractivity contribution in [1.82, 2.24) is 9.78 Å². The van der Waals surface area contributed by atoms with Crippen LogP contribution < -0.4 is 5.73 Å². The Morgan fingerprint density at radius 1 is 1.47 bits per heavy atom. The first-order chi connectivity index (χ1) is 7.27. The maximum atomic E-state index is 5.97.